The quantitative estimate of drug-likeness (QED) is 0.533. The summed E-state index contributed by atoms with van der Waals surface area (Å²) in [5.74, 6) is 0.0852. The number of carbonyl (C=O) groups excluding carboxylic acids is 1. The maximum atomic E-state index is 13.4. The summed E-state index contributed by atoms with van der Waals surface area (Å²) in [7, 11) is 0. The zero-order valence-corrected chi connectivity index (χ0v) is 17.8. The molecule has 4 rings (SSSR count). The van der Waals surface area contributed by atoms with Crippen molar-refractivity contribution < 1.29 is 22.7 Å². The highest BCUT2D eigenvalue weighted by Crippen LogP contribution is 2.35. The Morgan fingerprint density at radius 1 is 1.22 bits per heavy atom. The van der Waals surface area contributed by atoms with Gasteiger partial charge in [0.25, 0.3) is 0 Å². The molecule has 7 nitrogen and oxygen atoms in total. The molecule has 0 aliphatic heterocycles. The van der Waals surface area contributed by atoms with Crippen molar-refractivity contribution in [1.29, 1.82) is 0 Å². The molecule has 0 saturated carbocycles. The second-order valence-corrected chi connectivity index (χ2v) is 7.97. The van der Waals surface area contributed by atoms with Crippen LogP contribution in [0.1, 0.15) is 36.2 Å². The molecule has 0 fully saturated rings. The SMILES string of the molecule is O=C(Cn1nc(C(F)(F)F)c2c1CCCCC2)Nc1cnn(COc2cccc(Cl)c2)c1. The molecular formula is C21H21ClF3N5O2. The summed E-state index contributed by atoms with van der Waals surface area (Å²) in [5.41, 5.74) is 0.233. The number of alkyl halides is 3. The van der Waals surface area contributed by atoms with Crippen LogP contribution in [0, 0.1) is 0 Å². The lowest BCUT2D eigenvalue weighted by molar-refractivity contribution is -0.142. The maximum absolute atomic E-state index is 13.4. The van der Waals surface area contributed by atoms with Crippen LogP contribution >= 0.6 is 11.6 Å². The highest BCUT2D eigenvalue weighted by Gasteiger charge is 2.39. The molecule has 1 N–H and O–H groups in total. The Kier molecular flexibility index (Phi) is 6.40. The molecule has 2 aromatic heterocycles. The molecular weight excluding hydrogens is 447 g/mol. The van der Waals surface area contributed by atoms with Crippen LogP contribution < -0.4 is 10.1 Å². The zero-order chi connectivity index (χ0) is 22.7. The summed E-state index contributed by atoms with van der Waals surface area (Å²) in [4.78, 5) is 12.5. The van der Waals surface area contributed by atoms with Crippen LogP contribution in [-0.4, -0.2) is 25.5 Å². The number of ether oxygens (including phenoxy) is 1. The molecule has 1 amide bonds. The van der Waals surface area contributed by atoms with Gasteiger partial charge < -0.3 is 10.1 Å². The molecule has 1 aromatic carbocycles. The molecule has 0 radical (unpaired) electrons. The van der Waals surface area contributed by atoms with E-state index in [1.54, 1.807) is 30.5 Å². The highest BCUT2D eigenvalue weighted by atomic mass is 35.5. The maximum Gasteiger partial charge on any atom is 0.435 e. The van der Waals surface area contributed by atoms with Crippen LogP contribution in [0.5, 0.6) is 5.75 Å². The first-order valence-corrected chi connectivity index (χ1v) is 10.5. The van der Waals surface area contributed by atoms with Crippen LogP contribution in [0.3, 0.4) is 0 Å². The topological polar surface area (TPSA) is 74.0 Å². The molecule has 0 unspecified atom stereocenters. The van der Waals surface area contributed by atoms with Crippen LogP contribution in [0.2, 0.25) is 5.02 Å². The third-order valence-electron chi connectivity index (χ3n) is 5.15. The van der Waals surface area contributed by atoms with E-state index in [0.29, 0.717) is 41.4 Å². The Hall–Kier alpha value is -3.01. The predicted octanol–water partition coefficient (Wildman–Crippen LogP) is 4.70. The highest BCUT2D eigenvalue weighted by molar-refractivity contribution is 6.30. The molecule has 1 aliphatic carbocycles. The van der Waals surface area contributed by atoms with E-state index in [0.717, 1.165) is 12.8 Å². The van der Waals surface area contributed by atoms with Gasteiger partial charge in [-0.1, -0.05) is 24.1 Å². The fraction of sp³-hybridized carbons (Fsp3) is 0.381. The minimum Gasteiger partial charge on any atom is -0.471 e. The van der Waals surface area contributed by atoms with Gasteiger partial charge in [-0.15, -0.1) is 0 Å². The summed E-state index contributed by atoms with van der Waals surface area (Å²) in [6.45, 7) is -0.208. The Bertz CT molecular complexity index is 1110. The fourth-order valence-corrected chi connectivity index (χ4v) is 3.92. The summed E-state index contributed by atoms with van der Waals surface area (Å²) in [5, 5.41) is 11.0. The molecule has 0 bridgehead atoms. The van der Waals surface area contributed by atoms with Crippen LogP contribution in [0.4, 0.5) is 18.9 Å². The van der Waals surface area contributed by atoms with Crippen molar-refractivity contribution in [3.8, 4) is 5.75 Å². The average molecular weight is 468 g/mol. The number of rotatable bonds is 6. The monoisotopic (exact) mass is 467 g/mol. The van der Waals surface area contributed by atoms with Crippen molar-refractivity contribution in [2.24, 2.45) is 0 Å². The molecule has 0 spiro atoms. The van der Waals surface area contributed by atoms with Crippen LogP contribution in [0.25, 0.3) is 0 Å². The van der Waals surface area contributed by atoms with Gasteiger partial charge >= 0.3 is 6.18 Å². The molecule has 0 saturated heterocycles. The third kappa shape index (κ3) is 5.24. The van der Waals surface area contributed by atoms with E-state index in [-0.39, 0.29) is 18.8 Å². The standard InChI is InChI=1S/C21H21ClF3N5O2/c22-14-5-4-6-16(9-14)32-13-29-11-15(10-26-29)27-19(31)12-30-18-8-3-1-2-7-17(18)20(28-30)21(23,24)25/h4-6,9-11H,1-3,7-8,12-13H2,(H,27,31). The van der Waals surface area contributed by atoms with Crippen molar-refractivity contribution in [1.82, 2.24) is 19.6 Å². The van der Waals surface area contributed by atoms with E-state index in [4.69, 9.17) is 16.3 Å². The number of nitrogens with zero attached hydrogens (tertiary/aromatic N) is 4. The molecule has 3 aromatic rings. The molecule has 1 aliphatic rings. The lowest BCUT2D eigenvalue weighted by atomic mass is 10.1. The Morgan fingerprint density at radius 3 is 2.81 bits per heavy atom. The molecule has 170 valence electrons. The zero-order valence-electron chi connectivity index (χ0n) is 17.0. The van der Waals surface area contributed by atoms with E-state index in [1.807, 2.05) is 0 Å². The number of carbonyl (C=O) groups is 1. The van der Waals surface area contributed by atoms with E-state index in [2.05, 4.69) is 15.5 Å². The van der Waals surface area contributed by atoms with Crippen LogP contribution in [0.15, 0.2) is 36.7 Å². The normalized spacial score (nSPS) is 14.0. The van der Waals surface area contributed by atoms with Gasteiger partial charge in [0.15, 0.2) is 12.4 Å². The summed E-state index contributed by atoms with van der Waals surface area (Å²) >= 11 is 5.91. The Labute approximate surface area is 187 Å². The van der Waals surface area contributed by atoms with E-state index in [1.165, 1.54) is 15.6 Å². The predicted molar refractivity (Wildman–Crippen MR) is 111 cm³/mol. The molecule has 0 atom stereocenters. The second kappa shape index (κ2) is 9.23. The van der Waals surface area contributed by atoms with Crippen LogP contribution in [-0.2, 0) is 37.1 Å². The van der Waals surface area contributed by atoms with Gasteiger partial charge in [-0.05, 0) is 43.9 Å². The van der Waals surface area contributed by atoms with Gasteiger partial charge in [0.2, 0.25) is 5.91 Å². The van der Waals surface area contributed by atoms with Gasteiger partial charge in [-0.2, -0.15) is 23.4 Å². The summed E-state index contributed by atoms with van der Waals surface area (Å²) < 4.78 is 48.5. The van der Waals surface area contributed by atoms with Gasteiger partial charge in [0.05, 0.1) is 18.1 Å². The Morgan fingerprint density at radius 2 is 2.03 bits per heavy atom. The smallest absolute Gasteiger partial charge is 0.435 e. The van der Waals surface area contributed by atoms with Gasteiger partial charge in [-0.3, -0.25) is 9.48 Å². The third-order valence-corrected chi connectivity index (χ3v) is 5.38. The fourth-order valence-electron chi connectivity index (χ4n) is 3.74. The van der Waals surface area contributed by atoms with E-state index < -0.39 is 17.8 Å². The minimum absolute atomic E-state index is 0.0951. The number of hydrogen-bond acceptors (Lipinski definition) is 4. The largest absolute Gasteiger partial charge is 0.471 e. The first kappa shape index (κ1) is 22.2. The number of fused-ring (bicyclic) bond motifs is 1. The molecule has 2 heterocycles. The van der Waals surface area contributed by atoms with E-state index in [9.17, 15) is 18.0 Å². The molecule has 32 heavy (non-hydrogen) atoms. The number of anilines is 1. The second-order valence-electron chi connectivity index (χ2n) is 7.54. The lowest BCUT2D eigenvalue weighted by Crippen LogP contribution is -2.21. The summed E-state index contributed by atoms with van der Waals surface area (Å²) in [6, 6.07) is 6.90. The number of nitrogens with one attached hydrogen (secondary N) is 1. The van der Waals surface area contributed by atoms with Crippen molar-refractivity contribution in [2.75, 3.05) is 5.32 Å². The number of amides is 1. The van der Waals surface area contributed by atoms with Crippen molar-refractivity contribution in [3.05, 3.63) is 58.6 Å². The molecule has 11 heteroatoms. The minimum atomic E-state index is -4.54. The Balaban J connectivity index is 1.41. The van der Waals surface area contributed by atoms with Gasteiger partial charge in [0, 0.05) is 16.3 Å². The number of hydrogen-bond donors (Lipinski definition) is 1. The number of aromatic nitrogens is 4. The number of halogens is 4. The van der Waals surface area contributed by atoms with Crippen molar-refractivity contribution in [3.63, 3.8) is 0 Å². The van der Waals surface area contributed by atoms with Gasteiger partial charge in [-0.25, -0.2) is 4.68 Å². The average Bonchev–Trinajstić information content (AvgIpc) is 3.22. The first-order valence-electron chi connectivity index (χ1n) is 10.2. The van der Waals surface area contributed by atoms with Gasteiger partial charge in [0.1, 0.15) is 12.3 Å². The van der Waals surface area contributed by atoms with Crippen molar-refractivity contribution >= 4 is 23.2 Å². The summed E-state index contributed by atoms with van der Waals surface area (Å²) in [6.07, 6.45) is 1.57. The first-order chi connectivity index (χ1) is 15.3. The lowest BCUT2D eigenvalue weighted by Gasteiger charge is -2.08. The number of benzene rings is 1. The van der Waals surface area contributed by atoms with Crippen molar-refractivity contribution in [2.45, 2.75) is 51.6 Å². The van der Waals surface area contributed by atoms with E-state index >= 15 is 0 Å².